The second-order valence-electron chi connectivity index (χ2n) is 24.3. The van der Waals surface area contributed by atoms with Gasteiger partial charge in [-0.2, -0.15) is 0 Å². The van der Waals surface area contributed by atoms with Crippen LogP contribution in [0.25, 0.3) is 0 Å². The molecular formula is C77H132O16P2. The molecule has 0 aromatic heterocycles. The summed E-state index contributed by atoms with van der Waals surface area (Å²) in [5.41, 5.74) is 0. The Hall–Kier alpha value is -4.05. The molecule has 0 rings (SSSR count). The minimum absolute atomic E-state index is 0.100. The molecule has 0 aromatic rings. The molecule has 18 heteroatoms. The normalized spacial score (nSPS) is 14.8. The Morgan fingerprint density at radius 1 is 0.305 bits per heavy atom. The van der Waals surface area contributed by atoms with Gasteiger partial charge in [0.15, 0.2) is 6.10 Å². The summed E-state index contributed by atoms with van der Waals surface area (Å²) in [7, 11) is -9.79. The van der Waals surface area contributed by atoms with Crippen molar-refractivity contribution in [2.45, 2.75) is 309 Å². The fraction of sp³-hybridized carbons (Fsp3) is 0.701. The number of aliphatic hydroxyl groups is 2. The second kappa shape index (κ2) is 69.8. The highest BCUT2D eigenvalue weighted by atomic mass is 31.2. The van der Waals surface area contributed by atoms with E-state index in [9.17, 15) is 43.5 Å². The van der Waals surface area contributed by atoms with Crippen LogP contribution in [0.3, 0.4) is 0 Å². The van der Waals surface area contributed by atoms with E-state index in [1.807, 2.05) is 0 Å². The van der Waals surface area contributed by atoms with Crippen molar-refractivity contribution in [3.63, 3.8) is 0 Å². The van der Waals surface area contributed by atoms with Gasteiger partial charge in [-0.25, -0.2) is 9.13 Å². The number of aliphatic hydroxyl groups excluding tert-OH is 2. The molecule has 16 nitrogen and oxygen atoms in total. The van der Waals surface area contributed by atoms with Crippen LogP contribution in [-0.4, -0.2) is 95.9 Å². The quantitative estimate of drug-likeness (QED) is 0.0146. The first kappa shape index (κ1) is 91.0. The molecule has 0 radical (unpaired) electrons. The molecule has 0 aliphatic rings. The number of rotatable bonds is 69. The summed E-state index contributed by atoms with van der Waals surface area (Å²) in [5, 5.41) is 20.6. The number of carbonyl (C=O) groups excluding carboxylic acids is 3. The Morgan fingerprint density at radius 2 is 0.558 bits per heavy atom. The van der Waals surface area contributed by atoms with Crippen LogP contribution in [0.5, 0.6) is 0 Å². The minimum Gasteiger partial charge on any atom is -0.463 e. The Kier molecular flexibility index (Phi) is 66.9. The van der Waals surface area contributed by atoms with E-state index < -0.39 is 91.5 Å². The SMILES string of the molecule is CC/C=C\C/C=C\C/C=C\C/C=C\C/C=C\C/C=C\CCCCCCCCCCC(=O)OCC(O)COP(=O)(O)OCC(O)COP(=O)(O)OCC(COC(=O)CCCCCC/C=C\C/C=C\C/C=C\C/C=C\CC)OC(=O)CCCCCCCCCCCCCCCCC. The van der Waals surface area contributed by atoms with Gasteiger partial charge in [0.2, 0.25) is 0 Å². The third-order valence-electron chi connectivity index (χ3n) is 15.2. The Morgan fingerprint density at radius 3 is 0.884 bits per heavy atom. The van der Waals surface area contributed by atoms with Crippen molar-refractivity contribution in [2.24, 2.45) is 0 Å². The van der Waals surface area contributed by atoms with Crippen LogP contribution in [-0.2, 0) is 55.8 Å². The van der Waals surface area contributed by atoms with Gasteiger partial charge in [0.1, 0.15) is 25.4 Å². The number of esters is 3. The van der Waals surface area contributed by atoms with E-state index in [0.717, 1.165) is 148 Å². The lowest BCUT2D eigenvalue weighted by molar-refractivity contribution is -0.161. The Bertz CT molecular complexity index is 2210. The van der Waals surface area contributed by atoms with Crippen molar-refractivity contribution >= 4 is 33.6 Å². The minimum atomic E-state index is -4.93. The van der Waals surface area contributed by atoms with Gasteiger partial charge >= 0.3 is 33.6 Å². The first-order valence-electron chi connectivity index (χ1n) is 36.8. The van der Waals surface area contributed by atoms with Crippen LogP contribution in [0, 0.1) is 0 Å². The van der Waals surface area contributed by atoms with Gasteiger partial charge < -0.3 is 34.2 Å². The van der Waals surface area contributed by atoms with Gasteiger partial charge in [-0.15, -0.1) is 0 Å². The highest BCUT2D eigenvalue weighted by Gasteiger charge is 2.29. The van der Waals surface area contributed by atoms with Gasteiger partial charge in [0.25, 0.3) is 0 Å². The molecular weight excluding hydrogens is 1240 g/mol. The van der Waals surface area contributed by atoms with E-state index in [1.54, 1.807) is 0 Å². The van der Waals surface area contributed by atoms with E-state index in [-0.39, 0.29) is 19.3 Å². The van der Waals surface area contributed by atoms with E-state index in [4.69, 9.17) is 32.3 Å². The fourth-order valence-electron chi connectivity index (χ4n) is 9.62. The molecule has 546 valence electrons. The van der Waals surface area contributed by atoms with Crippen molar-refractivity contribution in [1.29, 1.82) is 0 Å². The third-order valence-corrected chi connectivity index (χ3v) is 17.1. The van der Waals surface area contributed by atoms with Crippen LogP contribution >= 0.6 is 15.6 Å². The average molecular weight is 1380 g/mol. The molecule has 0 aromatic carbocycles. The average Bonchev–Trinajstić information content (AvgIpc) is 2.05. The third kappa shape index (κ3) is 71.1. The van der Waals surface area contributed by atoms with Gasteiger partial charge in [-0.1, -0.05) is 284 Å². The smallest absolute Gasteiger partial charge is 0.463 e. The fourth-order valence-corrected chi connectivity index (χ4v) is 11.2. The maximum atomic E-state index is 12.9. The van der Waals surface area contributed by atoms with Gasteiger partial charge in [0, 0.05) is 19.3 Å². The number of phosphoric acid groups is 2. The molecule has 4 N–H and O–H groups in total. The molecule has 0 bridgehead atoms. The molecule has 0 saturated carbocycles. The maximum absolute atomic E-state index is 12.9. The second-order valence-corrected chi connectivity index (χ2v) is 27.2. The van der Waals surface area contributed by atoms with Crippen molar-refractivity contribution < 1.29 is 75.8 Å². The van der Waals surface area contributed by atoms with Crippen LogP contribution in [0.15, 0.2) is 122 Å². The molecule has 5 atom stereocenters. The molecule has 95 heavy (non-hydrogen) atoms. The van der Waals surface area contributed by atoms with Gasteiger partial charge in [-0.05, 0) is 109 Å². The molecule has 0 aliphatic heterocycles. The number of phosphoric ester groups is 2. The van der Waals surface area contributed by atoms with Gasteiger partial charge in [0.05, 0.1) is 26.4 Å². The zero-order chi connectivity index (χ0) is 69.5. The summed E-state index contributed by atoms with van der Waals surface area (Å²) in [6, 6.07) is 0. The summed E-state index contributed by atoms with van der Waals surface area (Å²) in [5.74, 6) is -1.60. The number of ether oxygens (including phenoxy) is 3. The summed E-state index contributed by atoms with van der Waals surface area (Å²) < 4.78 is 61.0. The number of hydrogen-bond acceptors (Lipinski definition) is 14. The van der Waals surface area contributed by atoms with Crippen LogP contribution in [0.4, 0.5) is 0 Å². The van der Waals surface area contributed by atoms with Crippen molar-refractivity contribution in [3.8, 4) is 0 Å². The Balaban J connectivity index is 4.57. The molecule has 0 aliphatic carbocycles. The number of hydrogen-bond donors (Lipinski definition) is 4. The predicted octanol–water partition coefficient (Wildman–Crippen LogP) is 21.0. The van der Waals surface area contributed by atoms with E-state index >= 15 is 0 Å². The zero-order valence-corrected chi connectivity index (χ0v) is 61.1. The van der Waals surface area contributed by atoms with E-state index in [1.165, 1.54) is 83.5 Å². The molecule has 0 spiro atoms. The van der Waals surface area contributed by atoms with Gasteiger partial charge in [-0.3, -0.25) is 32.5 Å². The van der Waals surface area contributed by atoms with Crippen LogP contribution < -0.4 is 0 Å². The summed E-state index contributed by atoms with van der Waals surface area (Å²) in [6.45, 7) is 2.42. The number of allylic oxidation sites excluding steroid dienone is 20. The lowest BCUT2D eigenvalue weighted by atomic mass is 10.0. The monoisotopic (exact) mass is 1370 g/mol. The molecule has 0 saturated heterocycles. The maximum Gasteiger partial charge on any atom is 0.472 e. The highest BCUT2D eigenvalue weighted by Crippen LogP contribution is 2.45. The summed E-state index contributed by atoms with van der Waals surface area (Å²) in [4.78, 5) is 58.5. The zero-order valence-electron chi connectivity index (χ0n) is 59.3. The molecule has 0 amide bonds. The standard InChI is InChI=1S/C77H132O16P2/c1-4-7-10-13-16-19-22-25-28-30-31-32-33-34-35-36-37-38-39-41-44-45-48-51-54-57-60-63-75(80)87-66-72(78)67-89-94(83,84)90-68-73(79)69-91-95(85,86)92-71-74(93-77(82)65-62-59-56-53-50-47-42-27-24-21-18-15-12-9-6-3)70-88-76(81)64-61-58-55-52-49-46-43-40-29-26-23-20-17-14-11-8-5-2/h7-8,10-11,16-17,19-20,25-26,28-29,31-32,34-35,37-38,43,46,72-74,78-79H,4-6,9,12-15,18,21-24,27,30,33,36,39-42,44-45,47-71H2,1-3H3,(H,83,84)(H,85,86)/b10-7-,11-8-,19-16-,20-17-,28-25-,29-26-,32-31-,35-34-,38-37-,46-43-. The predicted molar refractivity (Wildman–Crippen MR) is 390 cm³/mol. The Labute approximate surface area is 576 Å². The molecule has 5 unspecified atom stereocenters. The summed E-state index contributed by atoms with van der Waals surface area (Å²) in [6.07, 6.45) is 81.0. The summed E-state index contributed by atoms with van der Waals surface area (Å²) >= 11 is 0. The van der Waals surface area contributed by atoms with Crippen molar-refractivity contribution in [3.05, 3.63) is 122 Å². The van der Waals surface area contributed by atoms with Crippen LogP contribution in [0.1, 0.15) is 290 Å². The van der Waals surface area contributed by atoms with Crippen LogP contribution in [0.2, 0.25) is 0 Å². The van der Waals surface area contributed by atoms with Crippen molar-refractivity contribution in [2.75, 3.05) is 39.6 Å². The highest BCUT2D eigenvalue weighted by molar-refractivity contribution is 7.47. The number of unbranched alkanes of at least 4 members (excludes halogenated alkanes) is 26. The first-order chi connectivity index (χ1) is 46.2. The molecule has 0 fully saturated rings. The molecule has 0 heterocycles. The lowest BCUT2D eigenvalue weighted by Crippen LogP contribution is -2.30. The lowest BCUT2D eigenvalue weighted by Gasteiger charge is -2.21. The van der Waals surface area contributed by atoms with E-state index in [0.29, 0.717) is 19.3 Å². The first-order valence-corrected chi connectivity index (χ1v) is 39.8. The topological polar surface area (TPSA) is 231 Å². The van der Waals surface area contributed by atoms with E-state index in [2.05, 4.69) is 142 Å². The largest absolute Gasteiger partial charge is 0.472 e. The number of carbonyl (C=O) groups is 3. The van der Waals surface area contributed by atoms with Crippen molar-refractivity contribution in [1.82, 2.24) is 0 Å².